The second-order valence-corrected chi connectivity index (χ2v) is 12.5. The highest BCUT2D eigenvalue weighted by Crippen LogP contribution is 2.33. The van der Waals surface area contributed by atoms with E-state index in [1.54, 1.807) is 56.4 Å². The zero-order valence-electron chi connectivity index (χ0n) is 22.7. The highest BCUT2D eigenvalue weighted by molar-refractivity contribution is 7.92. The van der Waals surface area contributed by atoms with Crippen LogP contribution in [0.3, 0.4) is 0 Å². The van der Waals surface area contributed by atoms with Gasteiger partial charge >= 0.3 is 5.69 Å². The molecule has 1 aliphatic carbocycles. The molecule has 0 amide bonds. The van der Waals surface area contributed by atoms with Crippen LogP contribution in [0.2, 0.25) is 5.15 Å². The number of imidazole rings is 1. The van der Waals surface area contributed by atoms with Crippen LogP contribution in [-0.2, 0) is 30.0 Å². The summed E-state index contributed by atoms with van der Waals surface area (Å²) in [6.45, 7) is 1.98. The lowest BCUT2D eigenvalue weighted by molar-refractivity contribution is 0.597. The van der Waals surface area contributed by atoms with Gasteiger partial charge in [-0.3, -0.25) is 23.7 Å². The molecule has 2 aromatic carbocycles. The molecule has 1 atom stereocenters. The second-order valence-electron chi connectivity index (χ2n) is 10.5. The minimum Gasteiger partial charge on any atom is -0.336 e. The highest BCUT2D eigenvalue weighted by atomic mass is 35.5. The Bertz CT molecular complexity index is 2060. The number of sulfonamides is 1. The van der Waals surface area contributed by atoms with Gasteiger partial charge in [-0.25, -0.2) is 22.6 Å². The third-order valence-electron chi connectivity index (χ3n) is 7.41. The molecule has 1 saturated carbocycles. The average molecular weight is 612 g/mol. The lowest BCUT2D eigenvalue weighted by Crippen LogP contribution is -2.30. The summed E-state index contributed by atoms with van der Waals surface area (Å²) in [5.41, 5.74) is 0.706. The first-order valence-electron chi connectivity index (χ1n) is 13.3. The molecule has 0 spiro atoms. The molecule has 0 saturated heterocycles. The summed E-state index contributed by atoms with van der Waals surface area (Å²) in [6, 6.07) is 12.9. The first kappa shape index (κ1) is 27.9. The summed E-state index contributed by atoms with van der Waals surface area (Å²) < 4.78 is 46.7. The van der Waals surface area contributed by atoms with Crippen molar-refractivity contribution in [2.75, 3.05) is 4.72 Å². The van der Waals surface area contributed by atoms with Gasteiger partial charge in [-0.05, 0) is 61.4 Å². The molecule has 6 rings (SSSR count). The molecule has 0 bridgehead atoms. The Hall–Kier alpha value is -4.23. The van der Waals surface area contributed by atoms with Crippen LogP contribution in [0.1, 0.15) is 41.4 Å². The Kier molecular flexibility index (Phi) is 7.01. The second kappa shape index (κ2) is 10.6. The molecular formula is C28H27ClFN7O4S. The monoisotopic (exact) mass is 611 g/mol. The minimum absolute atomic E-state index is 0.0293. The molecule has 5 aromatic rings. The van der Waals surface area contributed by atoms with Crippen molar-refractivity contribution in [1.29, 1.82) is 0 Å². The maximum atomic E-state index is 14.8. The van der Waals surface area contributed by atoms with Gasteiger partial charge in [0.1, 0.15) is 27.2 Å². The van der Waals surface area contributed by atoms with Gasteiger partial charge in [0.15, 0.2) is 5.65 Å². The van der Waals surface area contributed by atoms with Gasteiger partial charge in [0.2, 0.25) is 0 Å². The van der Waals surface area contributed by atoms with Crippen molar-refractivity contribution in [2.45, 2.75) is 43.5 Å². The fraction of sp³-hybridized carbons (Fsp3) is 0.286. The van der Waals surface area contributed by atoms with E-state index in [0.29, 0.717) is 29.4 Å². The Morgan fingerprint density at radius 1 is 1.14 bits per heavy atom. The van der Waals surface area contributed by atoms with Crippen LogP contribution in [0.4, 0.5) is 10.1 Å². The van der Waals surface area contributed by atoms with E-state index in [1.807, 2.05) is 0 Å². The van der Waals surface area contributed by atoms with Crippen LogP contribution in [-0.4, -0.2) is 37.7 Å². The van der Waals surface area contributed by atoms with Crippen LogP contribution in [0.15, 0.2) is 63.0 Å². The Labute approximate surface area is 244 Å². The van der Waals surface area contributed by atoms with E-state index in [9.17, 15) is 22.4 Å². The van der Waals surface area contributed by atoms with Gasteiger partial charge in [0, 0.05) is 25.2 Å². The normalized spacial score (nSPS) is 14.4. The largest absolute Gasteiger partial charge is 0.336 e. The number of nitrogens with one attached hydrogen (secondary N) is 3. The van der Waals surface area contributed by atoms with Gasteiger partial charge < -0.3 is 4.98 Å². The van der Waals surface area contributed by atoms with Crippen molar-refractivity contribution >= 4 is 38.5 Å². The first-order valence-corrected chi connectivity index (χ1v) is 15.2. The third kappa shape index (κ3) is 5.25. The first-order chi connectivity index (χ1) is 20.0. The fourth-order valence-electron chi connectivity index (χ4n) is 5.15. The Balaban J connectivity index is 1.45. The van der Waals surface area contributed by atoms with Crippen molar-refractivity contribution in [3.05, 3.63) is 103 Å². The summed E-state index contributed by atoms with van der Waals surface area (Å²) in [5.74, 6) is -0.375. The smallest absolute Gasteiger partial charge is 0.330 e. The van der Waals surface area contributed by atoms with Gasteiger partial charge in [-0.15, -0.1) is 0 Å². The summed E-state index contributed by atoms with van der Waals surface area (Å²) >= 11 is 6.22. The van der Waals surface area contributed by atoms with Crippen LogP contribution >= 0.6 is 11.6 Å². The molecule has 11 nitrogen and oxygen atoms in total. The van der Waals surface area contributed by atoms with E-state index < -0.39 is 33.0 Å². The standard InChI is InChI=1S/C28H27ClFN7O4S/c1-15-23(24(29)36(2)34-15)42(40,41)35-19-8-5-7-17(12-19)20(13-18-6-3-4-9-21(18)30)25-31-22-26(32-25)37(14-16-10-11-16)28(39)33-27(22)38/h3-9,12,16,20,35H,10-11,13-14H2,1-2H3,(H,31,32)(H,33,38,39). The van der Waals surface area contributed by atoms with E-state index in [-0.39, 0.29) is 39.0 Å². The maximum absolute atomic E-state index is 14.8. The number of aromatic amines is 2. The number of aromatic nitrogens is 6. The van der Waals surface area contributed by atoms with E-state index in [0.717, 1.165) is 12.8 Å². The van der Waals surface area contributed by atoms with Crippen molar-refractivity contribution in [3.8, 4) is 0 Å². The molecule has 1 fully saturated rings. The van der Waals surface area contributed by atoms with Gasteiger partial charge in [-0.2, -0.15) is 5.10 Å². The molecule has 42 heavy (non-hydrogen) atoms. The quantitative estimate of drug-likeness (QED) is 0.231. The molecule has 3 aromatic heterocycles. The van der Waals surface area contributed by atoms with E-state index in [4.69, 9.17) is 16.6 Å². The van der Waals surface area contributed by atoms with Crippen molar-refractivity contribution in [1.82, 2.24) is 29.3 Å². The summed E-state index contributed by atoms with van der Waals surface area (Å²) in [7, 11) is -2.55. The van der Waals surface area contributed by atoms with E-state index in [2.05, 4.69) is 19.8 Å². The molecule has 14 heteroatoms. The molecule has 0 aliphatic heterocycles. The summed E-state index contributed by atoms with van der Waals surface area (Å²) in [5, 5.41) is 4.06. The van der Waals surface area contributed by atoms with E-state index in [1.165, 1.54) is 15.3 Å². The summed E-state index contributed by atoms with van der Waals surface area (Å²) in [6.07, 6.45) is 2.13. The van der Waals surface area contributed by atoms with Gasteiger partial charge in [0.05, 0.1) is 5.69 Å². The number of hydrogen-bond acceptors (Lipinski definition) is 6. The number of nitrogens with zero attached hydrogens (tertiary/aromatic N) is 4. The van der Waals surface area contributed by atoms with Crippen LogP contribution in [0.5, 0.6) is 0 Å². The molecule has 3 N–H and O–H groups in total. The third-order valence-corrected chi connectivity index (χ3v) is 9.49. The zero-order valence-corrected chi connectivity index (χ0v) is 24.3. The number of benzene rings is 2. The fourth-order valence-corrected chi connectivity index (χ4v) is 6.95. The van der Waals surface area contributed by atoms with Crippen molar-refractivity contribution in [3.63, 3.8) is 0 Å². The zero-order chi connectivity index (χ0) is 29.8. The number of hydrogen-bond donors (Lipinski definition) is 3. The predicted octanol–water partition coefficient (Wildman–Crippen LogP) is 3.83. The number of halogens is 2. The summed E-state index contributed by atoms with van der Waals surface area (Å²) in [4.78, 5) is 35.4. The molecule has 1 unspecified atom stereocenters. The molecule has 3 heterocycles. The number of aryl methyl sites for hydroxylation is 2. The van der Waals surface area contributed by atoms with Crippen molar-refractivity contribution in [2.24, 2.45) is 13.0 Å². The average Bonchev–Trinajstić information content (AvgIpc) is 3.57. The number of fused-ring (bicyclic) bond motifs is 1. The lowest BCUT2D eigenvalue weighted by Gasteiger charge is -2.17. The van der Waals surface area contributed by atoms with Crippen LogP contribution < -0.4 is 16.0 Å². The Morgan fingerprint density at radius 2 is 1.90 bits per heavy atom. The van der Waals surface area contributed by atoms with E-state index >= 15 is 0 Å². The number of H-pyrrole nitrogens is 2. The topological polar surface area (TPSA) is 148 Å². The number of rotatable bonds is 9. The van der Waals surface area contributed by atoms with Crippen LogP contribution in [0, 0.1) is 18.7 Å². The van der Waals surface area contributed by atoms with Crippen LogP contribution in [0.25, 0.3) is 11.2 Å². The molecular weight excluding hydrogens is 585 g/mol. The lowest BCUT2D eigenvalue weighted by atomic mass is 9.91. The number of anilines is 1. The maximum Gasteiger partial charge on any atom is 0.330 e. The predicted molar refractivity (Wildman–Crippen MR) is 156 cm³/mol. The van der Waals surface area contributed by atoms with Crippen molar-refractivity contribution < 1.29 is 12.8 Å². The van der Waals surface area contributed by atoms with Gasteiger partial charge in [-0.1, -0.05) is 41.9 Å². The SMILES string of the molecule is Cc1nn(C)c(Cl)c1S(=O)(=O)Nc1cccc(C(Cc2ccccc2F)c2nc3c([nH]2)c(=O)[nH]c(=O)n3CC2CC2)c1. The Morgan fingerprint density at radius 3 is 2.60 bits per heavy atom. The van der Waals surface area contributed by atoms with Gasteiger partial charge in [0.25, 0.3) is 15.6 Å². The highest BCUT2D eigenvalue weighted by Gasteiger charge is 2.28. The molecule has 218 valence electrons. The molecule has 1 aliphatic rings. The molecule has 0 radical (unpaired) electrons. The minimum atomic E-state index is -4.10.